The number of primary sulfonamides is 1. The van der Waals surface area contributed by atoms with E-state index in [-0.39, 0.29) is 21.2 Å². The molecule has 0 saturated carbocycles. The van der Waals surface area contributed by atoms with Crippen LogP contribution in [0.5, 0.6) is 0 Å². The first kappa shape index (κ1) is 23.1. The molecule has 31 heavy (non-hydrogen) atoms. The Morgan fingerprint density at radius 2 is 1.68 bits per heavy atom. The summed E-state index contributed by atoms with van der Waals surface area (Å²) >= 11 is 0.756. The van der Waals surface area contributed by atoms with Gasteiger partial charge in [-0.25, -0.2) is 22.0 Å². The third kappa shape index (κ3) is 3.78. The molecule has 3 rings (SSSR count). The fraction of sp³-hybridized carbons (Fsp3) is 0.150. The molecule has 0 aliphatic carbocycles. The average molecular weight is 480 g/mol. The Morgan fingerprint density at radius 1 is 1.10 bits per heavy atom. The minimum absolute atomic E-state index is 0.000660. The molecule has 1 unspecified atom stereocenters. The van der Waals surface area contributed by atoms with Crippen LogP contribution in [0.15, 0.2) is 82.7 Å². The van der Waals surface area contributed by atoms with E-state index in [1.54, 1.807) is 36.4 Å². The van der Waals surface area contributed by atoms with Crippen LogP contribution in [0, 0.1) is 0 Å². The van der Waals surface area contributed by atoms with Gasteiger partial charge in [-0.3, -0.25) is 4.79 Å². The monoisotopic (exact) mass is 479 g/mol. The third-order valence-corrected chi connectivity index (χ3v) is 10.0. The summed E-state index contributed by atoms with van der Waals surface area (Å²) in [5.41, 5.74) is 6.10. The van der Waals surface area contributed by atoms with Crippen molar-refractivity contribution in [1.82, 2.24) is 0 Å². The summed E-state index contributed by atoms with van der Waals surface area (Å²) in [6, 6.07) is 14.0. The van der Waals surface area contributed by atoms with E-state index < -0.39 is 35.7 Å². The van der Waals surface area contributed by atoms with Gasteiger partial charge in [0.2, 0.25) is 14.2 Å². The largest absolute Gasteiger partial charge is 0.365 e. The molecule has 0 fully saturated rings. The fourth-order valence-electron chi connectivity index (χ4n) is 3.52. The van der Waals surface area contributed by atoms with E-state index in [4.69, 9.17) is 10.9 Å². The Kier molecular flexibility index (Phi) is 6.07. The molecular weight excluding hydrogens is 458 g/mol. The van der Waals surface area contributed by atoms with Gasteiger partial charge >= 0.3 is 0 Å². The first-order valence-electron chi connectivity index (χ1n) is 8.98. The molecule has 8 nitrogen and oxygen atoms in total. The lowest BCUT2D eigenvalue weighted by atomic mass is 10.1. The molecule has 0 bridgehead atoms. The number of nitrogens with zero attached hydrogens (tertiary/aromatic N) is 1. The van der Waals surface area contributed by atoms with E-state index in [2.05, 4.69) is 6.58 Å². The van der Waals surface area contributed by atoms with Crippen molar-refractivity contribution in [2.75, 3.05) is 10.7 Å². The van der Waals surface area contributed by atoms with E-state index >= 15 is 0 Å². The molecule has 1 aliphatic heterocycles. The number of amides is 1. The molecule has 164 valence electrons. The number of allylic oxidation sites excluding steroid dienone is 1. The maximum atomic E-state index is 13.7. The van der Waals surface area contributed by atoms with Crippen LogP contribution in [-0.4, -0.2) is 28.5 Å². The van der Waals surface area contributed by atoms with Gasteiger partial charge in [0.25, 0.3) is 5.91 Å². The van der Waals surface area contributed by atoms with Crippen molar-refractivity contribution in [2.24, 2.45) is 10.9 Å². The third-order valence-electron chi connectivity index (χ3n) is 4.73. The molecule has 0 radical (unpaired) electrons. The summed E-state index contributed by atoms with van der Waals surface area (Å²) in [5.74, 6) is -1.25. The molecule has 2 aromatic rings. The lowest BCUT2D eigenvalue weighted by molar-refractivity contribution is -0.113. The minimum Gasteiger partial charge on any atom is -0.365 e. The zero-order chi connectivity index (χ0) is 23.0. The number of anilines is 1. The molecule has 1 amide bonds. The van der Waals surface area contributed by atoms with Crippen molar-refractivity contribution in [3.8, 4) is 0 Å². The van der Waals surface area contributed by atoms with Crippen LogP contribution in [0.4, 0.5) is 5.69 Å². The molecule has 1 aliphatic rings. The van der Waals surface area contributed by atoms with Crippen molar-refractivity contribution in [2.45, 2.75) is 16.0 Å². The minimum atomic E-state index is -4.23. The molecule has 1 heterocycles. The van der Waals surface area contributed by atoms with Gasteiger partial charge in [0.1, 0.15) is 4.90 Å². The molecule has 0 spiro atoms. The molecule has 0 aromatic heterocycles. The predicted octanol–water partition coefficient (Wildman–Crippen LogP) is 2.02. The van der Waals surface area contributed by atoms with Gasteiger partial charge < -0.3 is 10.6 Å². The molecule has 1 atom stereocenters. The Morgan fingerprint density at radius 3 is 2.23 bits per heavy atom. The van der Waals surface area contributed by atoms with Crippen molar-refractivity contribution in [1.29, 1.82) is 0 Å². The second-order valence-electron chi connectivity index (χ2n) is 6.75. The highest BCUT2D eigenvalue weighted by molar-refractivity contribution is 8.17. The number of benzene rings is 2. The summed E-state index contributed by atoms with van der Waals surface area (Å²) in [6.45, 7) is 5.06. The van der Waals surface area contributed by atoms with Crippen molar-refractivity contribution in [3.05, 3.63) is 83.4 Å². The number of sulfone groups is 1. The van der Waals surface area contributed by atoms with Gasteiger partial charge in [0.05, 0.1) is 16.3 Å². The molecule has 11 heteroatoms. The second kappa shape index (κ2) is 8.15. The maximum absolute atomic E-state index is 13.7. The normalized spacial score (nSPS) is 19.5. The highest BCUT2D eigenvalue weighted by atomic mass is 32.3. The SMILES string of the molecule is C=CCS(=O)(=O)C1(c2ccccc2)SC(C(N)=O)=C(C)N1c1ccccc1S(N)(=O)=O. The van der Waals surface area contributed by atoms with Gasteiger partial charge in [0, 0.05) is 11.3 Å². The summed E-state index contributed by atoms with van der Waals surface area (Å²) in [4.78, 5) is 13.3. The van der Waals surface area contributed by atoms with Crippen LogP contribution in [-0.2, 0) is 28.9 Å². The Hall–Kier alpha value is -2.60. The first-order valence-corrected chi connectivity index (χ1v) is 13.0. The number of hydrogen-bond donors (Lipinski definition) is 2. The number of nitrogens with two attached hydrogens (primary N) is 2. The number of hydrogen-bond acceptors (Lipinski definition) is 7. The van der Waals surface area contributed by atoms with E-state index in [9.17, 15) is 21.6 Å². The van der Waals surface area contributed by atoms with E-state index in [1.807, 2.05) is 0 Å². The average Bonchev–Trinajstić information content (AvgIpc) is 3.03. The van der Waals surface area contributed by atoms with E-state index in [1.165, 1.54) is 36.1 Å². The molecular formula is C20H21N3O5S3. The second-order valence-corrected chi connectivity index (χ2v) is 11.9. The van der Waals surface area contributed by atoms with Crippen molar-refractivity contribution < 1.29 is 21.6 Å². The lowest BCUT2D eigenvalue weighted by Crippen LogP contribution is -2.47. The van der Waals surface area contributed by atoms with Crippen LogP contribution in [0.25, 0.3) is 0 Å². The number of sulfonamides is 1. The highest BCUT2D eigenvalue weighted by Crippen LogP contribution is 2.58. The van der Waals surface area contributed by atoms with Crippen molar-refractivity contribution >= 4 is 43.2 Å². The number of para-hydroxylation sites is 1. The number of carbonyl (C=O) groups is 1. The van der Waals surface area contributed by atoms with Gasteiger partial charge in [-0.2, -0.15) is 0 Å². The molecule has 2 aromatic carbocycles. The lowest BCUT2D eigenvalue weighted by Gasteiger charge is -2.40. The zero-order valence-electron chi connectivity index (χ0n) is 16.6. The zero-order valence-corrected chi connectivity index (χ0v) is 19.0. The highest BCUT2D eigenvalue weighted by Gasteiger charge is 2.57. The fourth-order valence-corrected chi connectivity index (χ4v) is 7.94. The summed E-state index contributed by atoms with van der Waals surface area (Å²) in [7, 11) is -8.32. The van der Waals surface area contributed by atoms with Gasteiger partial charge in [-0.15, -0.1) is 6.58 Å². The summed E-state index contributed by atoms with van der Waals surface area (Å²) < 4.78 is 50.2. The number of rotatable bonds is 7. The van der Waals surface area contributed by atoms with Crippen LogP contribution in [0.3, 0.4) is 0 Å². The number of thioether (sulfide) groups is 1. The predicted molar refractivity (Wildman–Crippen MR) is 122 cm³/mol. The van der Waals surface area contributed by atoms with Gasteiger partial charge in [-0.1, -0.05) is 60.3 Å². The Bertz CT molecular complexity index is 1290. The van der Waals surface area contributed by atoms with Gasteiger partial charge in [0.15, 0.2) is 9.84 Å². The smallest absolute Gasteiger partial charge is 0.257 e. The Balaban J connectivity index is 2.50. The number of carbonyl (C=O) groups excluding carboxylic acids is 1. The van der Waals surface area contributed by atoms with Crippen LogP contribution in [0.2, 0.25) is 0 Å². The Labute approximate surface area is 185 Å². The van der Waals surface area contributed by atoms with Gasteiger partial charge in [-0.05, 0) is 19.1 Å². The van der Waals surface area contributed by atoms with E-state index in [0.717, 1.165) is 11.8 Å². The van der Waals surface area contributed by atoms with E-state index in [0.29, 0.717) is 5.56 Å². The van der Waals surface area contributed by atoms with Crippen LogP contribution in [0.1, 0.15) is 12.5 Å². The van der Waals surface area contributed by atoms with Crippen molar-refractivity contribution in [3.63, 3.8) is 0 Å². The van der Waals surface area contributed by atoms with Crippen LogP contribution >= 0.6 is 11.8 Å². The molecule has 4 N–H and O–H groups in total. The summed E-state index contributed by atoms with van der Waals surface area (Å²) in [5, 5.41) is 5.43. The quantitative estimate of drug-likeness (QED) is 0.579. The standard InChI is InChI=1S/C20H21N3O5S3/c1-3-13-30(25,26)20(15-9-5-4-6-10-15)23(14(2)18(29-20)19(21)24)16-11-7-8-12-17(16)31(22,27)28/h3-12H,1,13H2,2H3,(H2,21,24)(H2,22,27,28). The maximum Gasteiger partial charge on any atom is 0.257 e. The summed E-state index contributed by atoms with van der Waals surface area (Å²) in [6.07, 6.45) is 1.24. The van der Waals surface area contributed by atoms with Crippen LogP contribution < -0.4 is 15.8 Å². The first-order chi connectivity index (χ1) is 14.5. The topological polar surface area (TPSA) is 141 Å². The molecule has 0 saturated heterocycles. The number of primary amides is 1.